The highest BCUT2D eigenvalue weighted by atomic mass is 35.5. The van der Waals surface area contributed by atoms with Gasteiger partial charge in [-0.05, 0) is 18.2 Å². The highest BCUT2D eigenvalue weighted by Crippen LogP contribution is 2.25. The summed E-state index contributed by atoms with van der Waals surface area (Å²) in [5.41, 5.74) is 0.576. The lowest BCUT2D eigenvalue weighted by Crippen LogP contribution is -2.13. The Morgan fingerprint density at radius 2 is 2.08 bits per heavy atom. The summed E-state index contributed by atoms with van der Waals surface area (Å²) in [7, 11) is 1.28. The number of benzene rings is 1. The second-order valence-electron chi connectivity index (χ2n) is 5.45. The van der Waals surface area contributed by atoms with Crippen LogP contribution in [0.25, 0.3) is 4.96 Å². The normalized spacial score (nSPS) is 11.1. The number of amides is 1. The first-order valence-corrected chi connectivity index (χ1v) is 8.51. The minimum atomic E-state index is -0.521. The number of halogens is 1. The number of carbonyl (C=O) groups excluding carboxylic acids is 2. The Morgan fingerprint density at radius 1 is 1.32 bits per heavy atom. The van der Waals surface area contributed by atoms with Crippen molar-refractivity contribution < 1.29 is 14.3 Å². The fourth-order valence-electron chi connectivity index (χ4n) is 2.13. The number of anilines is 1. The molecule has 130 valence electrons. The third-order valence-corrected chi connectivity index (χ3v) is 4.59. The topological polar surface area (TPSA) is 98.5 Å². The van der Waals surface area contributed by atoms with E-state index in [2.05, 4.69) is 25.3 Å². The van der Waals surface area contributed by atoms with Gasteiger partial charge in [-0.2, -0.15) is 4.52 Å². The number of rotatable bonds is 4. The summed E-state index contributed by atoms with van der Waals surface area (Å²) >= 11 is 7.20. The molecule has 3 aromatic rings. The lowest BCUT2D eigenvalue weighted by atomic mass is 10.2. The van der Waals surface area contributed by atoms with E-state index in [1.54, 1.807) is 4.52 Å². The molecule has 0 aliphatic rings. The van der Waals surface area contributed by atoms with Crippen molar-refractivity contribution in [2.24, 2.45) is 0 Å². The average Bonchev–Trinajstić information content (AvgIpc) is 3.16. The number of methoxy groups -OCH3 is 1. The van der Waals surface area contributed by atoms with Crippen molar-refractivity contribution in [3.63, 3.8) is 0 Å². The molecule has 0 bridgehead atoms. The zero-order valence-corrected chi connectivity index (χ0v) is 15.2. The number of ether oxygens (including phenoxy) is 1. The number of hydrogen-bond donors (Lipinski definition) is 1. The first-order valence-electron chi connectivity index (χ1n) is 7.32. The molecule has 0 aliphatic heterocycles. The Morgan fingerprint density at radius 3 is 2.76 bits per heavy atom. The lowest BCUT2D eigenvalue weighted by molar-refractivity contribution is 0.0600. The maximum Gasteiger partial charge on any atom is 0.337 e. The van der Waals surface area contributed by atoms with Crippen LogP contribution < -0.4 is 5.32 Å². The molecular weight excluding hydrogens is 366 g/mol. The van der Waals surface area contributed by atoms with Gasteiger partial charge in [0, 0.05) is 5.92 Å². The summed E-state index contributed by atoms with van der Waals surface area (Å²) in [5.74, 6) is -0.170. The van der Waals surface area contributed by atoms with Gasteiger partial charge in [0.15, 0.2) is 5.82 Å². The summed E-state index contributed by atoms with van der Waals surface area (Å²) in [6, 6.07) is 4.48. The van der Waals surface area contributed by atoms with E-state index in [1.807, 2.05) is 13.8 Å². The molecule has 0 aliphatic carbocycles. The summed E-state index contributed by atoms with van der Waals surface area (Å²) in [4.78, 5) is 24.6. The first kappa shape index (κ1) is 17.3. The second-order valence-corrected chi connectivity index (χ2v) is 6.82. The van der Waals surface area contributed by atoms with Crippen LogP contribution in [-0.4, -0.2) is 38.8 Å². The van der Waals surface area contributed by atoms with Gasteiger partial charge in [-0.25, -0.2) is 4.79 Å². The average molecular weight is 380 g/mol. The van der Waals surface area contributed by atoms with Gasteiger partial charge in [-0.1, -0.05) is 36.8 Å². The van der Waals surface area contributed by atoms with Crippen LogP contribution in [0, 0.1) is 0 Å². The van der Waals surface area contributed by atoms with E-state index in [0.717, 1.165) is 11.3 Å². The molecule has 0 saturated carbocycles. The molecule has 3 rings (SSSR count). The fourth-order valence-corrected chi connectivity index (χ4v) is 3.03. The van der Waals surface area contributed by atoms with Gasteiger partial charge >= 0.3 is 5.97 Å². The molecule has 0 fully saturated rings. The molecule has 1 aromatic carbocycles. The number of carbonyl (C=O) groups is 2. The predicted molar refractivity (Wildman–Crippen MR) is 93.5 cm³/mol. The molecule has 25 heavy (non-hydrogen) atoms. The Labute approximate surface area is 151 Å². The predicted octanol–water partition coefficient (Wildman–Crippen LogP) is 3.00. The Bertz CT molecular complexity index is 965. The SMILES string of the molecule is COC(=O)c1ccc(Cl)c(NC(=O)c2nn3c(C(C)C)nnc3s2)c1. The van der Waals surface area contributed by atoms with Crippen molar-refractivity contribution in [2.75, 3.05) is 12.4 Å². The summed E-state index contributed by atoms with van der Waals surface area (Å²) in [6.45, 7) is 3.93. The van der Waals surface area contributed by atoms with Crippen molar-refractivity contribution in [1.29, 1.82) is 0 Å². The van der Waals surface area contributed by atoms with Crippen molar-refractivity contribution in [3.8, 4) is 0 Å². The van der Waals surface area contributed by atoms with Gasteiger partial charge in [0.05, 0.1) is 23.4 Å². The molecule has 2 heterocycles. The third-order valence-electron chi connectivity index (χ3n) is 3.36. The summed E-state index contributed by atoms with van der Waals surface area (Å²) in [5, 5.41) is 15.5. The highest BCUT2D eigenvalue weighted by Gasteiger charge is 2.19. The van der Waals surface area contributed by atoms with E-state index in [4.69, 9.17) is 11.6 Å². The number of esters is 1. The van der Waals surface area contributed by atoms with Crippen LogP contribution in [0.2, 0.25) is 5.02 Å². The number of aromatic nitrogens is 4. The van der Waals surface area contributed by atoms with Crippen molar-refractivity contribution >= 4 is 45.5 Å². The maximum atomic E-state index is 12.5. The highest BCUT2D eigenvalue weighted by molar-refractivity contribution is 7.18. The van der Waals surface area contributed by atoms with Gasteiger partial charge in [0.25, 0.3) is 5.91 Å². The van der Waals surface area contributed by atoms with Crippen molar-refractivity contribution in [1.82, 2.24) is 19.8 Å². The van der Waals surface area contributed by atoms with Crippen molar-refractivity contribution in [3.05, 3.63) is 39.6 Å². The smallest absolute Gasteiger partial charge is 0.337 e. The summed E-state index contributed by atoms with van der Waals surface area (Å²) < 4.78 is 6.21. The van der Waals surface area contributed by atoms with Gasteiger partial charge in [0.1, 0.15) is 0 Å². The van der Waals surface area contributed by atoms with Crippen LogP contribution in [-0.2, 0) is 4.74 Å². The molecule has 2 aromatic heterocycles. The number of nitrogens with zero attached hydrogens (tertiary/aromatic N) is 4. The minimum Gasteiger partial charge on any atom is -0.465 e. The summed E-state index contributed by atoms with van der Waals surface area (Å²) in [6.07, 6.45) is 0. The number of nitrogens with one attached hydrogen (secondary N) is 1. The van der Waals surface area contributed by atoms with Crippen LogP contribution >= 0.6 is 22.9 Å². The molecule has 8 nitrogen and oxygen atoms in total. The van der Waals surface area contributed by atoms with Crippen LogP contribution in [0.15, 0.2) is 18.2 Å². The zero-order chi connectivity index (χ0) is 18.1. The Hall–Kier alpha value is -2.52. The second kappa shape index (κ2) is 6.77. The molecule has 0 atom stereocenters. The monoisotopic (exact) mass is 379 g/mol. The quantitative estimate of drug-likeness (QED) is 0.699. The molecule has 0 spiro atoms. The van der Waals surface area contributed by atoms with Crippen LogP contribution in [0.4, 0.5) is 5.69 Å². The van der Waals surface area contributed by atoms with Gasteiger partial charge in [-0.15, -0.1) is 15.3 Å². The molecular formula is C15H14ClN5O3S. The largest absolute Gasteiger partial charge is 0.465 e. The maximum absolute atomic E-state index is 12.5. The van der Waals surface area contributed by atoms with E-state index in [9.17, 15) is 9.59 Å². The molecule has 0 saturated heterocycles. The Balaban J connectivity index is 1.88. The van der Waals surface area contributed by atoms with Gasteiger partial charge < -0.3 is 10.1 Å². The molecule has 0 radical (unpaired) electrons. The van der Waals surface area contributed by atoms with E-state index < -0.39 is 11.9 Å². The van der Waals surface area contributed by atoms with Crippen LogP contribution in [0.3, 0.4) is 0 Å². The number of fused-ring (bicyclic) bond motifs is 1. The van der Waals surface area contributed by atoms with E-state index in [0.29, 0.717) is 21.5 Å². The molecule has 10 heteroatoms. The van der Waals surface area contributed by atoms with Gasteiger partial charge in [0.2, 0.25) is 9.97 Å². The lowest BCUT2D eigenvalue weighted by Gasteiger charge is -2.07. The molecule has 0 unspecified atom stereocenters. The van der Waals surface area contributed by atoms with Crippen molar-refractivity contribution in [2.45, 2.75) is 19.8 Å². The minimum absolute atomic E-state index is 0.124. The van der Waals surface area contributed by atoms with E-state index >= 15 is 0 Å². The molecule has 1 N–H and O–H groups in total. The van der Waals surface area contributed by atoms with Gasteiger partial charge in [-0.3, -0.25) is 4.79 Å². The number of hydrogen-bond acceptors (Lipinski definition) is 7. The first-order chi connectivity index (χ1) is 11.9. The van der Waals surface area contributed by atoms with Crippen LogP contribution in [0.1, 0.15) is 45.7 Å². The third kappa shape index (κ3) is 3.33. The van der Waals surface area contributed by atoms with E-state index in [1.165, 1.54) is 25.3 Å². The standard InChI is InChI=1S/C15H14ClN5O3S/c1-7(2)11-18-19-15-21(11)20-13(25-15)12(22)17-10-6-8(14(23)24-3)4-5-9(10)16/h4-7H,1-3H3,(H,17,22). The van der Waals surface area contributed by atoms with E-state index in [-0.39, 0.29) is 16.5 Å². The zero-order valence-electron chi connectivity index (χ0n) is 13.6. The fraction of sp³-hybridized carbons (Fsp3) is 0.267. The Kier molecular flexibility index (Phi) is 4.69. The van der Waals surface area contributed by atoms with Crippen LogP contribution in [0.5, 0.6) is 0 Å². The molecule has 1 amide bonds.